The largest absolute Gasteiger partial charge is 0.331 e. The van der Waals surface area contributed by atoms with Gasteiger partial charge >= 0.3 is 0 Å². The lowest BCUT2D eigenvalue weighted by Crippen LogP contribution is -2.34. The van der Waals surface area contributed by atoms with E-state index in [-0.39, 0.29) is 17.5 Å². The van der Waals surface area contributed by atoms with E-state index in [0.717, 1.165) is 18.4 Å². The van der Waals surface area contributed by atoms with Gasteiger partial charge in [0.25, 0.3) is 11.5 Å². The maximum absolute atomic E-state index is 13.0. The molecule has 3 aromatic rings. The van der Waals surface area contributed by atoms with Crippen LogP contribution in [0.1, 0.15) is 34.8 Å². The van der Waals surface area contributed by atoms with Crippen LogP contribution in [-0.4, -0.2) is 32.3 Å². The van der Waals surface area contributed by atoms with Crippen LogP contribution in [0.2, 0.25) is 0 Å². The molecule has 0 unspecified atom stereocenters. The minimum Gasteiger partial charge on any atom is -0.331 e. The fraction of sp³-hybridized carbons (Fsp3) is 0.200. The van der Waals surface area contributed by atoms with Crippen molar-refractivity contribution in [1.82, 2.24) is 19.9 Å². The third kappa shape index (κ3) is 3.01. The van der Waals surface area contributed by atoms with Gasteiger partial charge in [0.1, 0.15) is 11.4 Å². The molecule has 0 spiro atoms. The second kappa shape index (κ2) is 6.92. The Kier molecular flexibility index (Phi) is 4.31. The summed E-state index contributed by atoms with van der Waals surface area (Å²) in [6.07, 6.45) is 6.45. The molecule has 6 heteroatoms. The zero-order valence-electron chi connectivity index (χ0n) is 14.1. The van der Waals surface area contributed by atoms with Crippen LogP contribution in [0, 0.1) is 0 Å². The molecule has 0 bridgehead atoms. The van der Waals surface area contributed by atoms with E-state index in [0.29, 0.717) is 17.9 Å². The van der Waals surface area contributed by atoms with Crippen LogP contribution in [0.4, 0.5) is 0 Å². The van der Waals surface area contributed by atoms with Gasteiger partial charge in [0.05, 0.1) is 6.04 Å². The number of amides is 1. The number of aromatic nitrogens is 3. The molecule has 1 aromatic carbocycles. The molecular formula is C20H18N4O2. The minimum absolute atomic E-state index is 0.00102. The quantitative estimate of drug-likeness (QED) is 0.791. The molecule has 1 amide bonds. The smallest absolute Gasteiger partial charge is 0.264 e. The summed E-state index contributed by atoms with van der Waals surface area (Å²) < 4.78 is 0. The number of pyridine rings is 1. The third-order valence-corrected chi connectivity index (χ3v) is 4.66. The van der Waals surface area contributed by atoms with Crippen LogP contribution in [-0.2, 0) is 0 Å². The van der Waals surface area contributed by atoms with Crippen molar-refractivity contribution in [2.45, 2.75) is 18.9 Å². The molecule has 1 N–H and O–H groups in total. The zero-order chi connectivity index (χ0) is 17.9. The van der Waals surface area contributed by atoms with Crippen LogP contribution >= 0.6 is 0 Å². The second-order valence-electron chi connectivity index (χ2n) is 6.28. The van der Waals surface area contributed by atoms with Gasteiger partial charge < -0.3 is 9.88 Å². The molecule has 6 nitrogen and oxygen atoms in total. The summed E-state index contributed by atoms with van der Waals surface area (Å²) in [5.41, 5.74) is 1.43. The van der Waals surface area contributed by atoms with Crippen molar-refractivity contribution in [3.63, 3.8) is 0 Å². The lowest BCUT2D eigenvalue weighted by molar-refractivity contribution is 0.0733. The first-order valence-electron chi connectivity index (χ1n) is 8.59. The average molecular weight is 346 g/mol. The lowest BCUT2D eigenvalue weighted by Gasteiger charge is -2.24. The van der Waals surface area contributed by atoms with Gasteiger partial charge in [-0.3, -0.25) is 14.6 Å². The number of rotatable bonds is 3. The maximum atomic E-state index is 13.0. The summed E-state index contributed by atoms with van der Waals surface area (Å²) in [5.74, 6) is 0.128. The monoisotopic (exact) mass is 346 g/mol. The Bertz CT molecular complexity index is 970. The SMILES string of the molecule is O=C(c1cnc(-c2cccnc2)[nH]c1=O)N1CCC[C@H]1c1ccccc1. The number of nitrogens with one attached hydrogen (secondary N) is 1. The van der Waals surface area contributed by atoms with Gasteiger partial charge in [0.2, 0.25) is 0 Å². The average Bonchev–Trinajstić information content (AvgIpc) is 3.19. The Hall–Kier alpha value is -3.28. The molecule has 1 saturated heterocycles. The van der Waals surface area contributed by atoms with Crippen LogP contribution < -0.4 is 5.56 Å². The number of H-pyrrole nitrogens is 1. The number of hydrogen-bond acceptors (Lipinski definition) is 4. The molecule has 130 valence electrons. The molecule has 0 aliphatic carbocycles. The standard InChI is InChI=1S/C20H18N4O2/c25-19-16(13-22-18(23-19)15-8-4-10-21-12-15)20(26)24-11-5-9-17(24)14-6-2-1-3-7-14/h1-4,6-8,10,12-13,17H,5,9,11H2,(H,22,23,25)/t17-/m0/s1. The molecule has 1 fully saturated rings. The zero-order valence-corrected chi connectivity index (χ0v) is 14.1. The van der Waals surface area contributed by atoms with Crippen LogP contribution in [0.5, 0.6) is 0 Å². The highest BCUT2D eigenvalue weighted by atomic mass is 16.2. The van der Waals surface area contributed by atoms with Crippen LogP contribution in [0.15, 0.2) is 65.8 Å². The van der Waals surface area contributed by atoms with E-state index in [4.69, 9.17) is 0 Å². The van der Waals surface area contributed by atoms with Crippen molar-refractivity contribution in [3.05, 3.63) is 82.5 Å². The number of hydrogen-bond donors (Lipinski definition) is 1. The van der Waals surface area contributed by atoms with E-state index in [1.165, 1.54) is 6.20 Å². The van der Waals surface area contributed by atoms with Gasteiger partial charge in [0, 0.05) is 30.7 Å². The van der Waals surface area contributed by atoms with Crippen molar-refractivity contribution >= 4 is 5.91 Å². The van der Waals surface area contributed by atoms with Crippen molar-refractivity contribution in [3.8, 4) is 11.4 Å². The Morgan fingerprint density at radius 2 is 1.96 bits per heavy atom. The number of aromatic amines is 1. The summed E-state index contributed by atoms with van der Waals surface area (Å²) in [5, 5.41) is 0. The molecule has 4 rings (SSSR count). The first-order chi connectivity index (χ1) is 12.7. The first-order valence-corrected chi connectivity index (χ1v) is 8.59. The predicted molar refractivity (Wildman–Crippen MR) is 97.5 cm³/mol. The van der Waals surface area contributed by atoms with Gasteiger partial charge in [-0.05, 0) is 30.5 Å². The Morgan fingerprint density at radius 1 is 1.12 bits per heavy atom. The number of nitrogens with zero attached hydrogens (tertiary/aromatic N) is 3. The molecule has 3 heterocycles. The summed E-state index contributed by atoms with van der Waals surface area (Å²) in [6, 6.07) is 13.5. The van der Waals surface area contributed by atoms with Gasteiger partial charge in [0.15, 0.2) is 0 Å². The molecule has 1 aliphatic heterocycles. The van der Waals surface area contributed by atoms with Crippen LogP contribution in [0.3, 0.4) is 0 Å². The van der Waals surface area contributed by atoms with E-state index < -0.39 is 5.56 Å². The second-order valence-corrected chi connectivity index (χ2v) is 6.28. The minimum atomic E-state index is -0.428. The van der Waals surface area contributed by atoms with E-state index in [9.17, 15) is 9.59 Å². The molecular weight excluding hydrogens is 328 g/mol. The fourth-order valence-corrected chi connectivity index (χ4v) is 3.38. The topological polar surface area (TPSA) is 79.0 Å². The van der Waals surface area contributed by atoms with E-state index in [1.807, 2.05) is 30.3 Å². The van der Waals surface area contributed by atoms with Gasteiger partial charge in [-0.15, -0.1) is 0 Å². The fourth-order valence-electron chi connectivity index (χ4n) is 3.38. The highest BCUT2D eigenvalue weighted by Crippen LogP contribution is 2.32. The lowest BCUT2D eigenvalue weighted by atomic mass is 10.0. The van der Waals surface area contributed by atoms with Crippen molar-refractivity contribution in [1.29, 1.82) is 0 Å². The Balaban J connectivity index is 1.63. The molecule has 2 aromatic heterocycles. The van der Waals surface area contributed by atoms with Crippen molar-refractivity contribution < 1.29 is 4.79 Å². The number of carbonyl (C=O) groups is 1. The molecule has 26 heavy (non-hydrogen) atoms. The van der Waals surface area contributed by atoms with Crippen molar-refractivity contribution in [2.75, 3.05) is 6.54 Å². The molecule has 1 atom stereocenters. The maximum Gasteiger partial charge on any atom is 0.264 e. The Labute approximate surface area is 150 Å². The number of carbonyl (C=O) groups excluding carboxylic acids is 1. The summed E-state index contributed by atoms with van der Waals surface area (Å²) in [7, 11) is 0. The summed E-state index contributed by atoms with van der Waals surface area (Å²) in [6.45, 7) is 0.641. The number of likely N-dealkylation sites (tertiary alicyclic amines) is 1. The van der Waals surface area contributed by atoms with Crippen LogP contribution in [0.25, 0.3) is 11.4 Å². The van der Waals surface area contributed by atoms with E-state index in [1.54, 1.807) is 29.4 Å². The van der Waals surface area contributed by atoms with Gasteiger partial charge in [-0.2, -0.15) is 0 Å². The summed E-state index contributed by atoms with van der Waals surface area (Å²) >= 11 is 0. The van der Waals surface area contributed by atoms with Gasteiger partial charge in [-0.25, -0.2) is 4.98 Å². The third-order valence-electron chi connectivity index (χ3n) is 4.66. The van der Waals surface area contributed by atoms with E-state index in [2.05, 4.69) is 15.0 Å². The molecule has 1 aliphatic rings. The highest BCUT2D eigenvalue weighted by molar-refractivity contribution is 5.94. The first kappa shape index (κ1) is 16.2. The Morgan fingerprint density at radius 3 is 2.69 bits per heavy atom. The normalized spacial score (nSPS) is 16.6. The molecule has 0 saturated carbocycles. The predicted octanol–water partition coefficient (Wildman–Crippen LogP) is 2.81. The highest BCUT2D eigenvalue weighted by Gasteiger charge is 2.31. The van der Waals surface area contributed by atoms with E-state index >= 15 is 0 Å². The summed E-state index contributed by atoms with van der Waals surface area (Å²) in [4.78, 5) is 38.2. The van der Waals surface area contributed by atoms with Crippen molar-refractivity contribution in [2.24, 2.45) is 0 Å². The van der Waals surface area contributed by atoms with Gasteiger partial charge in [-0.1, -0.05) is 30.3 Å². The number of benzene rings is 1. The molecule has 0 radical (unpaired) electrons.